The average molecular weight is 248 g/mol. The Labute approximate surface area is 108 Å². The van der Waals surface area contributed by atoms with Crippen molar-refractivity contribution < 1.29 is 9.53 Å². The van der Waals surface area contributed by atoms with E-state index in [1.54, 1.807) is 4.90 Å². The summed E-state index contributed by atoms with van der Waals surface area (Å²) in [4.78, 5) is 13.9. The van der Waals surface area contributed by atoms with Gasteiger partial charge < -0.3 is 15.0 Å². The van der Waals surface area contributed by atoms with E-state index in [0.29, 0.717) is 13.0 Å². The number of hydrogen-bond donors (Lipinski definition) is 1. The Morgan fingerprint density at radius 3 is 3.06 bits per heavy atom. The van der Waals surface area contributed by atoms with E-state index in [9.17, 15) is 4.79 Å². The molecule has 1 aromatic rings. The Balaban J connectivity index is 1.95. The number of aryl methyl sites for hydroxylation is 1. The van der Waals surface area contributed by atoms with E-state index in [-0.39, 0.29) is 11.9 Å². The normalized spacial score (nSPS) is 19.6. The van der Waals surface area contributed by atoms with E-state index < -0.39 is 0 Å². The molecule has 1 heterocycles. The monoisotopic (exact) mass is 248 g/mol. The average Bonchev–Trinajstić information content (AvgIpc) is 2.39. The molecule has 0 bridgehead atoms. The van der Waals surface area contributed by atoms with Gasteiger partial charge in [0.05, 0.1) is 13.2 Å². The first-order valence-electron chi connectivity index (χ1n) is 6.31. The highest BCUT2D eigenvalue weighted by Gasteiger charge is 2.19. The van der Waals surface area contributed by atoms with Gasteiger partial charge in [0.1, 0.15) is 0 Å². The molecule has 0 aromatic heterocycles. The van der Waals surface area contributed by atoms with Gasteiger partial charge in [0, 0.05) is 31.7 Å². The zero-order valence-electron chi connectivity index (χ0n) is 11.0. The Morgan fingerprint density at radius 2 is 2.39 bits per heavy atom. The summed E-state index contributed by atoms with van der Waals surface area (Å²) in [5.74, 6) is 0.114. The summed E-state index contributed by atoms with van der Waals surface area (Å²) >= 11 is 0. The van der Waals surface area contributed by atoms with Crippen molar-refractivity contribution in [1.82, 2.24) is 5.32 Å². The lowest BCUT2D eigenvalue weighted by atomic mass is 10.1. The van der Waals surface area contributed by atoms with Crippen molar-refractivity contribution in [3.8, 4) is 0 Å². The van der Waals surface area contributed by atoms with Crippen LogP contribution in [0.3, 0.4) is 0 Å². The van der Waals surface area contributed by atoms with Crippen LogP contribution < -0.4 is 10.2 Å². The fourth-order valence-corrected chi connectivity index (χ4v) is 2.08. The Kier molecular flexibility index (Phi) is 4.33. The number of benzene rings is 1. The van der Waals surface area contributed by atoms with E-state index in [4.69, 9.17) is 4.74 Å². The molecule has 1 amide bonds. The van der Waals surface area contributed by atoms with Gasteiger partial charge in [0.2, 0.25) is 5.91 Å². The fraction of sp³-hybridized carbons (Fsp3) is 0.500. The van der Waals surface area contributed by atoms with Crippen LogP contribution in [0.1, 0.15) is 12.0 Å². The van der Waals surface area contributed by atoms with Gasteiger partial charge in [0.25, 0.3) is 0 Å². The molecule has 1 saturated heterocycles. The smallest absolute Gasteiger partial charge is 0.228 e. The third kappa shape index (κ3) is 3.31. The minimum absolute atomic E-state index is 0.114. The molecule has 1 atom stereocenters. The van der Waals surface area contributed by atoms with Gasteiger partial charge in [-0.05, 0) is 24.6 Å². The van der Waals surface area contributed by atoms with Crippen molar-refractivity contribution in [2.45, 2.75) is 19.4 Å². The Bertz CT molecular complexity index is 414. The van der Waals surface area contributed by atoms with Crippen molar-refractivity contribution in [3.63, 3.8) is 0 Å². The molecular weight excluding hydrogens is 228 g/mol. The molecule has 1 fully saturated rings. The van der Waals surface area contributed by atoms with Crippen LogP contribution in [0.2, 0.25) is 0 Å². The van der Waals surface area contributed by atoms with Gasteiger partial charge in [-0.2, -0.15) is 0 Å². The predicted octanol–water partition coefficient (Wildman–Crippen LogP) is 1.34. The number of carbonyl (C=O) groups is 1. The number of hydrogen-bond acceptors (Lipinski definition) is 3. The Morgan fingerprint density at radius 1 is 1.56 bits per heavy atom. The molecule has 1 N–H and O–H groups in total. The number of anilines is 1. The standard InChI is InChI=1S/C14H20N2O2/c1-11-4-3-5-13(8-11)16(2)14(17)9-12-10-18-7-6-15-12/h3-5,8,12,15H,6-7,9-10H2,1-2H3. The molecule has 18 heavy (non-hydrogen) atoms. The summed E-state index contributed by atoms with van der Waals surface area (Å²) in [5, 5.41) is 3.30. The number of rotatable bonds is 3. The lowest BCUT2D eigenvalue weighted by Gasteiger charge is -2.25. The maximum Gasteiger partial charge on any atom is 0.228 e. The molecule has 0 radical (unpaired) electrons. The Hall–Kier alpha value is -1.39. The minimum Gasteiger partial charge on any atom is -0.378 e. The number of amides is 1. The molecular formula is C14H20N2O2. The van der Waals surface area contributed by atoms with E-state index >= 15 is 0 Å². The van der Waals surface area contributed by atoms with Crippen molar-refractivity contribution in [2.75, 3.05) is 31.7 Å². The van der Waals surface area contributed by atoms with Gasteiger partial charge >= 0.3 is 0 Å². The second-order valence-electron chi connectivity index (χ2n) is 4.72. The van der Waals surface area contributed by atoms with Crippen LogP contribution >= 0.6 is 0 Å². The topological polar surface area (TPSA) is 41.6 Å². The summed E-state index contributed by atoms with van der Waals surface area (Å²) in [6.45, 7) is 4.20. The van der Waals surface area contributed by atoms with Crippen molar-refractivity contribution in [2.24, 2.45) is 0 Å². The minimum atomic E-state index is 0.114. The summed E-state index contributed by atoms with van der Waals surface area (Å²) in [6, 6.07) is 8.10. The first-order chi connectivity index (χ1) is 8.66. The molecule has 4 nitrogen and oxygen atoms in total. The van der Waals surface area contributed by atoms with Crippen LogP contribution in [0.25, 0.3) is 0 Å². The van der Waals surface area contributed by atoms with Gasteiger partial charge in [-0.25, -0.2) is 0 Å². The van der Waals surface area contributed by atoms with Crippen LogP contribution in [0, 0.1) is 6.92 Å². The molecule has 0 spiro atoms. The molecule has 98 valence electrons. The molecule has 0 saturated carbocycles. The van der Waals surface area contributed by atoms with E-state index in [1.807, 2.05) is 38.2 Å². The molecule has 1 aliphatic rings. The third-order valence-corrected chi connectivity index (χ3v) is 3.18. The number of ether oxygens (including phenoxy) is 1. The first-order valence-corrected chi connectivity index (χ1v) is 6.31. The highest BCUT2D eigenvalue weighted by molar-refractivity contribution is 5.93. The van der Waals surface area contributed by atoms with E-state index in [2.05, 4.69) is 5.32 Å². The van der Waals surface area contributed by atoms with Gasteiger partial charge in [-0.15, -0.1) is 0 Å². The van der Waals surface area contributed by atoms with E-state index in [0.717, 1.165) is 24.4 Å². The van der Waals surface area contributed by atoms with Crippen LogP contribution in [0.5, 0.6) is 0 Å². The molecule has 1 unspecified atom stereocenters. The van der Waals surface area contributed by atoms with Crippen LogP contribution in [-0.2, 0) is 9.53 Å². The van der Waals surface area contributed by atoms with Crippen LogP contribution in [-0.4, -0.2) is 38.8 Å². The maximum absolute atomic E-state index is 12.2. The van der Waals surface area contributed by atoms with Gasteiger partial charge in [0.15, 0.2) is 0 Å². The summed E-state index contributed by atoms with van der Waals surface area (Å²) < 4.78 is 5.35. The summed E-state index contributed by atoms with van der Waals surface area (Å²) in [7, 11) is 1.82. The van der Waals surface area contributed by atoms with Crippen molar-refractivity contribution >= 4 is 11.6 Å². The van der Waals surface area contributed by atoms with Crippen molar-refractivity contribution in [3.05, 3.63) is 29.8 Å². The van der Waals surface area contributed by atoms with Crippen molar-refractivity contribution in [1.29, 1.82) is 0 Å². The molecule has 2 rings (SSSR count). The SMILES string of the molecule is Cc1cccc(N(C)C(=O)CC2COCCN2)c1. The zero-order chi connectivity index (χ0) is 13.0. The number of nitrogens with zero attached hydrogens (tertiary/aromatic N) is 1. The quantitative estimate of drug-likeness (QED) is 0.877. The fourth-order valence-electron chi connectivity index (χ4n) is 2.08. The molecule has 4 heteroatoms. The third-order valence-electron chi connectivity index (χ3n) is 3.18. The summed E-state index contributed by atoms with van der Waals surface area (Å²) in [6.07, 6.45) is 0.477. The largest absolute Gasteiger partial charge is 0.378 e. The molecule has 1 aliphatic heterocycles. The highest BCUT2D eigenvalue weighted by Crippen LogP contribution is 2.15. The number of carbonyl (C=O) groups excluding carboxylic acids is 1. The second-order valence-corrected chi connectivity index (χ2v) is 4.72. The second kappa shape index (κ2) is 5.98. The highest BCUT2D eigenvalue weighted by atomic mass is 16.5. The van der Waals surface area contributed by atoms with Crippen LogP contribution in [0.4, 0.5) is 5.69 Å². The lowest BCUT2D eigenvalue weighted by Crippen LogP contribution is -2.44. The number of nitrogens with one attached hydrogen (secondary N) is 1. The van der Waals surface area contributed by atoms with E-state index in [1.165, 1.54) is 0 Å². The summed E-state index contributed by atoms with van der Waals surface area (Å²) in [5.41, 5.74) is 2.10. The number of morpholine rings is 1. The maximum atomic E-state index is 12.2. The first kappa shape index (κ1) is 13.1. The lowest BCUT2D eigenvalue weighted by molar-refractivity contribution is -0.119. The zero-order valence-corrected chi connectivity index (χ0v) is 11.0. The molecule has 0 aliphatic carbocycles. The van der Waals surface area contributed by atoms with Gasteiger partial charge in [-0.3, -0.25) is 4.79 Å². The van der Waals surface area contributed by atoms with Crippen LogP contribution in [0.15, 0.2) is 24.3 Å². The molecule has 1 aromatic carbocycles. The van der Waals surface area contributed by atoms with Gasteiger partial charge in [-0.1, -0.05) is 12.1 Å². The predicted molar refractivity (Wildman–Crippen MR) is 71.8 cm³/mol.